The maximum atomic E-state index is 13.0. The summed E-state index contributed by atoms with van der Waals surface area (Å²) in [5.41, 5.74) is 7.94. The summed E-state index contributed by atoms with van der Waals surface area (Å²) < 4.78 is 6.78. The quantitative estimate of drug-likeness (QED) is 0.451. The van der Waals surface area contributed by atoms with Gasteiger partial charge in [0.1, 0.15) is 12.2 Å². The van der Waals surface area contributed by atoms with Gasteiger partial charge < -0.3 is 20.4 Å². The van der Waals surface area contributed by atoms with Crippen LogP contribution < -0.4 is 11.1 Å². The van der Waals surface area contributed by atoms with E-state index in [1.165, 1.54) is 12.8 Å². The van der Waals surface area contributed by atoms with E-state index in [0.29, 0.717) is 16.9 Å². The number of nitrogens with two attached hydrogens (primary N) is 1. The Morgan fingerprint density at radius 1 is 1.16 bits per heavy atom. The Morgan fingerprint density at radius 2 is 1.88 bits per heavy atom. The second-order valence-corrected chi connectivity index (χ2v) is 8.12. The summed E-state index contributed by atoms with van der Waals surface area (Å²) >= 11 is 0. The second-order valence-electron chi connectivity index (χ2n) is 8.12. The first-order valence-corrected chi connectivity index (χ1v) is 11.2. The predicted octanol–water partition coefficient (Wildman–Crippen LogP) is 3.70. The molecular weight excluding hydrogens is 406 g/mol. The van der Waals surface area contributed by atoms with Gasteiger partial charge in [0.15, 0.2) is 11.5 Å². The summed E-state index contributed by atoms with van der Waals surface area (Å²) in [6, 6.07) is 9.69. The number of hydrogen-bond donors (Lipinski definition) is 2. The normalized spacial score (nSPS) is 14.8. The van der Waals surface area contributed by atoms with Crippen LogP contribution in [0.15, 0.2) is 36.5 Å². The first-order valence-electron chi connectivity index (χ1n) is 11.2. The van der Waals surface area contributed by atoms with Gasteiger partial charge in [-0.1, -0.05) is 56.0 Å². The maximum absolute atomic E-state index is 13.0. The summed E-state index contributed by atoms with van der Waals surface area (Å²) in [5, 5.41) is 3.65. The van der Waals surface area contributed by atoms with Gasteiger partial charge in [-0.05, 0) is 19.8 Å². The highest BCUT2D eigenvalue weighted by atomic mass is 16.5. The van der Waals surface area contributed by atoms with Crippen molar-refractivity contribution in [2.24, 2.45) is 0 Å². The minimum absolute atomic E-state index is 0.0659. The Morgan fingerprint density at radius 3 is 2.56 bits per heavy atom. The van der Waals surface area contributed by atoms with Gasteiger partial charge in [0.2, 0.25) is 5.91 Å². The molecule has 32 heavy (non-hydrogen) atoms. The molecule has 2 aromatic heterocycles. The van der Waals surface area contributed by atoms with Crippen molar-refractivity contribution in [3.05, 3.63) is 42.2 Å². The third kappa shape index (κ3) is 4.59. The molecule has 0 aliphatic heterocycles. The zero-order chi connectivity index (χ0) is 22.5. The Labute approximate surface area is 187 Å². The molecule has 3 aromatic rings. The molecule has 8 heteroatoms. The zero-order valence-corrected chi connectivity index (χ0v) is 18.3. The summed E-state index contributed by atoms with van der Waals surface area (Å²) in [4.78, 5) is 34.8. The number of nitrogens with zero attached hydrogens (tertiary/aromatic N) is 3. The lowest BCUT2D eigenvalue weighted by atomic mass is 10.1. The summed E-state index contributed by atoms with van der Waals surface area (Å²) in [6.45, 7) is 1.87. The van der Waals surface area contributed by atoms with E-state index in [1.807, 2.05) is 30.3 Å². The standard InChI is InChI=1S/C24H29N5O3/c1-2-32-24(31)21-20(25)18-14-26-22(16-10-6-5-7-11-16)28-23(18)29(21)15-19(30)27-17-12-8-3-4-9-13-17/h5-7,10-11,14,17H,2-4,8-9,12-13,15,25H2,1H3,(H,27,30). The van der Waals surface area contributed by atoms with Crippen LogP contribution >= 0.6 is 0 Å². The van der Waals surface area contributed by atoms with Crippen molar-refractivity contribution in [2.75, 3.05) is 12.3 Å². The number of carbonyl (C=O) groups excluding carboxylic acids is 2. The van der Waals surface area contributed by atoms with Gasteiger partial charge in [-0.25, -0.2) is 14.8 Å². The molecule has 2 heterocycles. The van der Waals surface area contributed by atoms with Crippen molar-refractivity contribution in [1.29, 1.82) is 0 Å². The van der Waals surface area contributed by atoms with E-state index in [0.717, 1.165) is 31.2 Å². The third-order valence-corrected chi connectivity index (χ3v) is 5.86. The lowest BCUT2D eigenvalue weighted by Crippen LogP contribution is -2.37. The van der Waals surface area contributed by atoms with Gasteiger partial charge in [0.05, 0.1) is 17.7 Å². The fourth-order valence-corrected chi connectivity index (χ4v) is 4.29. The van der Waals surface area contributed by atoms with Gasteiger partial charge in [0, 0.05) is 17.8 Å². The molecule has 0 bridgehead atoms. The number of nitrogens with one attached hydrogen (secondary N) is 1. The highest BCUT2D eigenvalue weighted by Gasteiger charge is 2.26. The molecule has 0 spiro atoms. The van der Waals surface area contributed by atoms with Crippen molar-refractivity contribution in [1.82, 2.24) is 19.9 Å². The fraction of sp³-hybridized carbons (Fsp3) is 0.417. The number of anilines is 1. The molecule has 1 fully saturated rings. The van der Waals surface area contributed by atoms with Gasteiger partial charge in [0.25, 0.3) is 0 Å². The largest absolute Gasteiger partial charge is 0.461 e. The van der Waals surface area contributed by atoms with E-state index in [1.54, 1.807) is 17.7 Å². The van der Waals surface area contributed by atoms with Crippen LogP contribution in [-0.2, 0) is 16.1 Å². The highest BCUT2D eigenvalue weighted by molar-refractivity contribution is 6.05. The topological polar surface area (TPSA) is 112 Å². The monoisotopic (exact) mass is 435 g/mol. The SMILES string of the molecule is CCOC(=O)c1c(N)c2cnc(-c3ccccc3)nc2n1CC(=O)NC1CCCCCC1. The van der Waals surface area contributed by atoms with Crippen LogP contribution in [0.5, 0.6) is 0 Å². The van der Waals surface area contributed by atoms with E-state index < -0.39 is 5.97 Å². The average Bonchev–Trinajstić information content (AvgIpc) is 2.94. The smallest absolute Gasteiger partial charge is 0.357 e. The number of esters is 1. The van der Waals surface area contributed by atoms with Crippen LogP contribution in [0.4, 0.5) is 5.69 Å². The minimum Gasteiger partial charge on any atom is -0.461 e. The predicted molar refractivity (Wildman–Crippen MR) is 123 cm³/mol. The molecule has 1 aliphatic carbocycles. The lowest BCUT2D eigenvalue weighted by Gasteiger charge is -2.17. The molecule has 0 radical (unpaired) electrons. The number of fused-ring (bicyclic) bond motifs is 1. The Hall–Kier alpha value is -3.42. The summed E-state index contributed by atoms with van der Waals surface area (Å²) in [6.07, 6.45) is 8.20. The second kappa shape index (κ2) is 9.80. The highest BCUT2D eigenvalue weighted by Crippen LogP contribution is 2.29. The van der Waals surface area contributed by atoms with Crippen molar-refractivity contribution < 1.29 is 14.3 Å². The van der Waals surface area contributed by atoms with Crippen LogP contribution in [0.25, 0.3) is 22.4 Å². The van der Waals surface area contributed by atoms with Crippen LogP contribution in [0.3, 0.4) is 0 Å². The first-order chi connectivity index (χ1) is 15.6. The summed E-state index contributed by atoms with van der Waals surface area (Å²) in [5.74, 6) is -0.248. The van der Waals surface area contributed by atoms with E-state index in [2.05, 4.69) is 15.3 Å². The van der Waals surface area contributed by atoms with Crippen LogP contribution in [0.1, 0.15) is 55.9 Å². The summed E-state index contributed by atoms with van der Waals surface area (Å²) in [7, 11) is 0. The molecule has 0 atom stereocenters. The zero-order valence-electron chi connectivity index (χ0n) is 18.3. The maximum Gasteiger partial charge on any atom is 0.357 e. The molecular formula is C24H29N5O3. The lowest BCUT2D eigenvalue weighted by molar-refractivity contribution is -0.122. The van der Waals surface area contributed by atoms with E-state index in [4.69, 9.17) is 10.5 Å². The number of rotatable bonds is 6. The van der Waals surface area contributed by atoms with Gasteiger partial charge in [-0.2, -0.15) is 0 Å². The Kier molecular flexibility index (Phi) is 6.68. The van der Waals surface area contributed by atoms with E-state index >= 15 is 0 Å². The van der Waals surface area contributed by atoms with Crippen molar-refractivity contribution >= 4 is 28.6 Å². The molecule has 1 amide bonds. The Balaban J connectivity index is 1.72. The molecule has 1 saturated carbocycles. The van der Waals surface area contributed by atoms with Crippen LogP contribution in [0, 0.1) is 0 Å². The number of aromatic nitrogens is 3. The van der Waals surface area contributed by atoms with E-state index in [-0.39, 0.29) is 36.5 Å². The molecule has 8 nitrogen and oxygen atoms in total. The van der Waals surface area contributed by atoms with Crippen molar-refractivity contribution in [3.8, 4) is 11.4 Å². The van der Waals surface area contributed by atoms with Crippen LogP contribution in [-0.4, -0.2) is 39.1 Å². The van der Waals surface area contributed by atoms with Gasteiger partial charge in [-0.3, -0.25) is 4.79 Å². The number of hydrogen-bond acceptors (Lipinski definition) is 6. The molecule has 1 aromatic carbocycles. The third-order valence-electron chi connectivity index (χ3n) is 5.86. The average molecular weight is 436 g/mol. The molecule has 1 aliphatic rings. The minimum atomic E-state index is -0.577. The molecule has 0 unspecified atom stereocenters. The van der Waals surface area contributed by atoms with Crippen molar-refractivity contribution in [3.63, 3.8) is 0 Å². The Bertz CT molecular complexity index is 1100. The molecule has 3 N–H and O–H groups in total. The van der Waals surface area contributed by atoms with Crippen LogP contribution in [0.2, 0.25) is 0 Å². The number of nitrogen functional groups attached to an aromatic ring is 1. The first kappa shape index (κ1) is 21.8. The molecule has 4 rings (SSSR count). The number of ether oxygens (including phenoxy) is 1. The van der Waals surface area contributed by atoms with Crippen molar-refractivity contribution in [2.45, 2.75) is 58.0 Å². The number of amides is 1. The van der Waals surface area contributed by atoms with Gasteiger partial charge >= 0.3 is 5.97 Å². The molecule has 0 saturated heterocycles. The van der Waals surface area contributed by atoms with E-state index in [9.17, 15) is 9.59 Å². The molecule has 168 valence electrons. The number of carbonyl (C=O) groups is 2. The number of benzene rings is 1. The van der Waals surface area contributed by atoms with Gasteiger partial charge in [-0.15, -0.1) is 0 Å². The fourth-order valence-electron chi connectivity index (χ4n) is 4.29.